The highest BCUT2D eigenvalue weighted by Gasteiger charge is 2.34. The number of carbonyl (C=O) groups is 2. The zero-order valence-corrected chi connectivity index (χ0v) is 24.6. The molecular weight excluding hydrogens is 557 g/mol. The van der Waals surface area contributed by atoms with Gasteiger partial charge in [0.05, 0.1) is 20.6 Å². The average molecular weight is 591 g/mol. The lowest BCUT2D eigenvalue weighted by molar-refractivity contribution is -0.140. The van der Waals surface area contributed by atoms with Gasteiger partial charge in [-0.05, 0) is 49.6 Å². The minimum atomic E-state index is -4.23. The number of nitrogens with zero attached hydrogens (tertiary/aromatic N) is 2. The number of carbonyl (C=O) groups excluding carboxylic acids is 2. The molecule has 0 aliphatic rings. The third-order valence-electron chi connectivity index (χ3n) is 6.22. The molecule has 0 saturated heterocycles. The van der Waals surface area contributed by atoms with E-state index in [0.717, 1.165) is 21.9 Å². The van der Waals surface area contributed by atoms with Crippen molar-refractivity contribution >= 4 is 50.7 Å². The normalized spacial score (nSPS) is 12.0. The molecular formula is C29H33Cl2N3O4S. The van der Waals surface area contributed by atoms with Crippen molar-refractivity contribution in [3.8, 4) is 0 Å². The average Bonchev–Trinajstić information content (AvgIpc) is 2.93. The van der Waals surface area contributed by atoms with Crippen LogP contribution in [0.5, 0.6) is 0 Å². The van der Waals surface area contributed by atoms with E-state index in [1.807, 2.05) is 45.0 Å². The number of benzene rings is 3. The molecule has 0 saturated carbocycles. The molecule has 7 nitrogen and oxygen atoms in total. The van der Waals surface area contributed by atoms with Gasteiger partial charge in [0.1, 0.15) is 12.6 Å². The summed E-state index contributed by atoms with van der Waals surface area (Å²) in [5.41, 5.74) is 1.94. The largest absolute Gasteiger partial charge is 0.354 e. The second-order valence-corrected chi connectivity index (χ2v) is 11.8. The molecule has 0 aliphatic heterocycles. The molecule has 39 heavy (non-hydrogen) atoms. The smallest absolute Gasteiger partial charge is 0.264 e. The minimum absolute atomic E-state index is 0.00397. The summed E-state index contributed by atoms with van der Waals surface area (Å²) in [6.07, 6.45) is 1.08. The Morgan fingerprint density at radius 1 is 0.923 bits per heavy atom. The maximum absolute atomic E-state index is 14.0. The molecule has 3 aromatic carbocycles. The predicted octanol–water partition coefficient (Wildman–Crippen LogP) is 5.83. The number of anilines is 1. The van der Waals surface area contributed by atoms with Gasteiger partial charge in [-0.25, -0.2) is 8.42 Å². The molecule has 0 heterocycles. The number of halogens is 2. The van der Waals surface area contributed by atoms with Crippen molar-refractivity contribution in [3.63, 3.8) is 0 Å². The van der Waals surface area contributed by atoms with E-state index in [2.05, 4.69) is 5.32 Å². The van der Waals surface area contributed by atoms with Crippen LogP contribution in [0.2, 0.25) is 10.0 Å². The van der Waals surface area contributed by atoms with Crippen molar-refractivity contribution in [1.82, 2.24) is 10.2 Å². The van der Waals surface area contributed by atoms with Crippen LogP contribution in [0.1, 0.15) is 37.8 Å². The quantitative estimate of drug-likeness (QED) is 0.288. The van der Waals surface area contributed by atoms with Gasteiger partial charge in [-0.1, -0.05) is 91.1 Å². The number of sulfonamides is 1. The van der Waals surface area contributed by atoms with Crippen LogP contribution < -0.4 is 9.62 Å². The van der Waals surface area contributed by atoms with E-state index in [0.29, 0.717) is 13.0 Å². The topological polar surface area (TPSA) is 86.8 Å². The fraction of sp³-hybridized carbons (Fsp3) is 0.310. The van der Waals surface area contributed by atoms with E-state index in [1.54, 1.807) is 24.3 Å². The molecule has 3 rings (SSSR count). The van der Waals surface area contributed by atoms with Gasteiger partial charge >= 0.3 is 0 Å². The van der Waals surface area contributed by atoms with Crippen molar-refractivity contribution in [2.45, 2.75) is 51.1 Å². The zero-order chi connectivity index (χ0) is 28.6. The first-order valence-corrected chi connectivity index (χ1v) is 14.9. The first kappa shape index (κ1) is 30.5. The highest BCUT2D eigenvalue weighted by Crippen LogP contribution is 2.35. The fourth-order valence-electron chi connectivity index (χ4n) is 4.09. The standard InChI is InChI=1S/C29H33Cl2N3O4S/c1-4-18-32-29(36)25(5-2)33(19-22-16-14-21(3)15-17-22)27(35)20-34(26-13-9-12-24(30)28(26)31)39(37,38)23-10-7-6-8-11-23/h6-17,25H,4-5,18-20H2,1-3H3,(H,32,36)/t25-/m0/s1. The van der Waals surface area contributed by atoms with Crippen LogP contribution in [0.3, 0.4) is 0 Å². The van der Waals surface area contributed by atoms with Crippen molar-refractivity contribution in [3.05, 3.63) is 94.0 Å². The summed E-state index contributed by atoms with van der Waals surface area (Å²) in [6, 6.07) is 19.2. The van der Waals surface area contributed by atoms with Gasteiger partial charge in [0.2, 0.25) is 11.8 Å². The van der Waals surface area contributed by atoms with Crippen LogP contribution in [0.15, 0.2) is 77.7 Å². The van der Waals surface area contributed by atoms with Crippen LogP contribution in [-0.2, 0) is 26.2 Å². The summed E-state index contributed by atoms with van der Waals surface area (Å²) >= 11 is 12.7. The summed E-state index contributed by atoms with van der Waals surface area (Å²) in [6.45, 7) is 5.73. The molecule has 3 aromatic rings. The van der Waals surface area contributed by atoms with Crippen molar-refractivity contribution in [2.24, 2.45) is 0 Å². The summed E-state index contributed by atoms with van der Waals surface area (Å²) < 4.78 is 28.6. The Bertz CT molecular complexity index is 1380. The Balaban J connectivity index is 2.08. The molecule has 0 bridgehead atoms. The van der Waals surface area contributed by atoms with E-state index in [1.165, 1.54) is 29.2 Å². The lowest BCUT2D eigenvalue weighted by atomic mass is 10.1. The summed E-state index contributed by atoms with van der Waals surface area (Å²) in [7, 11) is -4.23. The third-order valence-corrected chi connectivity index (χ3v) is 8.80. The second-order valence-electron chi connectivity index (χ2n) is 9.12. The Morgan fingerprint density at radius 3 is 2.21 bits per heavy atom. The van der Waals surface area contributed by atoms with Gasteiger partial charge < -0.3 is 10.2 Å². The van der Waals surface area contributed by atoms with Crippen LogP contribution in [0.25, 0.3) is 0 Å². The van der Waals surface area contributed by atoms with Crippen molar-refractivity contribution in [2.75, 3.05) is 17.4 Å². The van der Waals surface area contributed by atoms with Gasteiger partial charge in [0.15, 0.2) is 0 Å². The Labute approximate surface area is 240 Å². The van der Waals surface area contributed by atoms with E-state index in [-0.39, 0.29) is 33.1 Å². The van der Waals surface area contributed by atoms with Gasteiger partial charge in [-0.15, -0.1) is 0 Å². The molecule has 0 radical (unpaired) electrons. The number of amides is 2. The SMILES string of the molecule is CCCNC(=O)[C@H](CC)N(Cc1ccc(C)cc1)C(=O)CN(c1cccc(Cl)c1Cl)S(=O)(=O)c1ccccc1. The monoisotopic (exact) mass is 589 g/mol. The van der Waals surface area contributed by atoms with Gasteiger partial charge in [0.25, 0.3) is 10.0 Å². The first-order valence-electron chi connectivity index (χ1n) is 12.7. The second kappa shape index (κ2) is 13.8. The van der Waals surface area contributed by atoms with Gasteiger partial charge in [0, 0.05) is 13.1 Å². The number of aryl methyl sites for hydroxylation is 1. The molecule has 0 spiro atoms. The summed E-state index contributed by atoms with van der Waals surface area (Å²) in [5, 5.41) is 3.02. The zero-order valence-electron chi connectivity index (χ0n) is 22.2. The Kier molecular flexibility index (Phi) is 10.8. The lowest BCUT2D eigenvalue weighted by Crippen LogP contribution is -2.52. The number of rotatable bonds is 12. The van der Waals surface area contributed by atoms with Crippen LogP contribution in [0, 0.1) is 6.92 Å². The van der Waals surface area contributed by atoms with Crippen molar-refractivity contribution in [1.29, 1.82) is 0 Å². The van der Waals surface area contributed by atoms with Crippen LogP contribution >= 0.6 is 23.2 Å². The maximum Gasteiger partial charge on any atom is 0.264 e. The van der Waals surface area contributed by atoms with Gasteiger partial charge in [-0.2, -0.15) is 0 Å². The molecule has 2 amide bonds. The summed E-state index contributed by atoms with van der Waals surface area (Å²) in [4.78, 5) is 28.6. The van der Waals surface area contributed by atoms with E-state index >= 15 is 0 Å². The Hall–Kier alpha value is -3.07. The minimum Gasteiger partial charge on any atom is -0.354 e. The summed E-state index contributed by atoms with van der Waals surface area (Å²) in [5.74, 6) is -0.845. The number of hydrogen-bond donors (Lipinski definition) is 1. The number of nitrogens with one attached hydrogen (secondary N) is 1. The van der Waals surface area contributed by atoms with Crippen LogP contribution in [0.4, 0.5) is 5.69 Å². The predicted molar refractivity (Wildman–Crippen MR) is 157 cm³/mol. The highest BCUT2D eigenvalue weighted by atomic mass is 35.5. The number of hydrogen-bond acceptors (Lipinski definition) is 4. The first-order chi connectivity index (χ1) is 18.6. The van der Waals surface area contributed by atoms with Gasteiger partial charge in [-0.3, -0.25) is 13.9 Å². The highest BCUT2D eigenvalue weighted by molar-refractivity contribution is 7.92. The third kappa shape index (κ3) is 7.53. The molecule has 0 unspecified atom stereocenters. The lowest BCUT2D eigenvalue weighted by Gasteiger charge is -2.33. The molecule has 208 valence electrons. The molecule has 1 atom stereocenters. The molecule has 1 N–H and O–H groups in total. The molecule has 0 aliphatic carbocycles. The molecule has 0 fully saturated rings. The molecule has 0 aromatic heterocycles. The van der Waals surface area contributed by atoms with E-state index in [9.17, 15) is 18.0 Å². The van der Waals surface area contributed by atoms with E-state index < -0.39 is 28.5 Å². The maximum atomic E-state index is 14.0. The van der Waals surface area contributed by atoms with Crippen molar-refractivity contribution < 1.29 is 18.0 Å². The van der Waals surface area contributed by atoms with E-state index in [4.69, 9.17) is 23.2 Å². The van der Waals surface area contributed by atoms with Crippen LogP contribution in [-0.4, -0.2) is 44.3 Å². The fourth-order valence-corrected chi connectivity index (χ4v) is 5.99. The molecule has 10 heteroatoms. The Morgan fingerprint density at radius 2 is 1.59 bits per heavy atom.